The number of carboxylic acids is 1. The Morgan fingerprint density at radius 3 is 2.39 bits per heavy atom. The molecular formula is C19H25NO3. The maximum Gasteiger partial charge on any atom is 0.310 e. The molecule has 4 heteroatoms. The van der Waals surface area contributed by atoms with Gasteiger partial charge in [0.15, 0.2) is 0 Å². The van der Waals surface area contributed by atoms with E-state index in [4.69, 9.17) is 0 Å². The predicted molar refractivity (Wildman–Crippen MR) is 88.1 cm³/mol. The minimum Gasteiger partial charge on any atom is -0.481 e. The van der Waals surface area contributed by atoms with Crippen LogP contribution in [0.3, 0.4) is 0 Å². The molecule has 1 aromatic rings. The molecule has 4 nitrogen and oxygen atoms in total. The molecule has 124 valence electrons. The zero-order chi connectivity index (χ0) is 16.3. The summed E-state index contributed by atoms with van der Waals surface area (Å²) in [6.07, 6.45) is 6.66. The lowest BCUT2D eigenvalue weighted by Gasteiger charge is -2.38. The first kappa shape index (κ1) is 16.0. The Bertz CT molecular complexity index is 565. The molecule has 0 spiro atoms. The first-order valence-electron chi connectivity index (χ1n) is 8.68. The summed E-state index contributed by atoms with van der Waals surface area (Å²) in [5, 5.41) is 12.5. The van der Waals surface area contributed by atoms with Gasteiger partial charge in [-0.15, -0.1) is 0 Å². The zero-order valence-corrected chi connectivity index (χ0v) is 13.5. The molecule has 0 heterocycles. The van der Waals surface area contributed by atoms with Crippen molar-refractivity contribution < 1.29 is 14.7 Å². The Hall–Kier alpha value is -1.84. The number of amides is 1. The van der Waals surface area contributed by atoms with Gasteiger partial charge in [0.05, 0.1) is 5.41 Å². The highest BCUT2D eigenvalue weighted by Gasteiger charge is 2.46. The molecule has 2 N–H and O–H groups in total. The Balaban J connectivity index is 1.65. The fourth-order valence-electron chi connectivity index (χ4n) is 4.04. The summed E-state index contributed by atoms with van der Waals surface area (Å²) < 4.78 is 0. The molecule has 0 aliphatic heterocycles. The van der Waals surface area contributed by atoms with E-state index in [9.17, 15) is 14.7 Å². The van der Waals surface area contributed by atoms with E-state index in [1.165, 1.54) is 12.0 Å². The highest BCUT2D eigenvalue weighted by Crippen LogP contribution is 2.44. The molecule has 2 saturated carbocycles. The molecule has 2 unspecified atom stereocenters. The fourth-order valence-corrected chi connectivity index (χ4v) is 4.04. The van der Waals surface area contributed by atoms with Gasteiger partial charge in [-0.05, 0) is 31.2 Å². The van der Waals surface area contributed by atoms with Crippen LogP contribution < -0.4 is 5.32 Å². The van der Waals surface area contributed by atoms with Crippen molar-refractivity contribution in [2.75, 3.05) is 0 Å². The van der Waals surface area contributed by atoms with Crippen LogP contribution in [0.25, 0.3) is 0 Å². The number of aliphatic carboxylic acids is 1. The van der Waals surface area contributed by atoms with Gasteiger partial charge < -0.3 is 10.4 Å². The van der Waals surface area contributed by atoms with E-state index in [1.54, 1.807) is 0 Å². The van der Waals surface area contributed by atoms with Crippen LogP contribution in [0.15, 0.2) is 30.3 Å². The van der Waals surface area contributed by atoms with Gasteiger partial charge in [0.2, 0.25) is 5.91 Å². The maximum absolute atomic E-state index is 12.4. The second-order valence-electron chi connectivity index (χ2n) is 7.09. The summed E-state index contributed by atoms with van der Waals surface area (Å²) in [6, 6.07) is 10.5. The Labute approximate surface area is 137 Å². The lowest BCUT2D eigenvalue weighted by atomic mass is 9.66. The number of nitrogens with one attached hydrogen (secondary N) is 1. The van der Waals surface area contributed by atoms with Crippen molar-refractivity contribution in [3.63, 3.8) is 0 Å². The van der Waals surface area contributed by atoms with E-state index in [0.717, 1.165) is 25.7 Å². The van der Waals surface area contributed by atoms with E-state index in [1.807, 2.05) is 18.2 Å². The summed E-state index contributed by atoms with van der Waals surface area (Å²) in [5.41, 5.74) is 0.468. The summed E-state index contributed by atoms with van der Waals surface area (Å²) in [7, 11) is 0. The van der Waals surface area contributed by atoms with Crippen molar-refractivity contribution in [1.29, 1.82) is 0 Å². The molecule has 0 radical (unpaired) electrons. The normalized spacial score (nSPS) is 26.1. The molecule has 0 aromatic heterocycles. The predicted octanol–water partition coefficient (Wildman–Crippen LogP) is 3.47. The maximum atomic E-state index is 12.4. The highest BCUT2D eigenvalue weighted by atomic mass is 16.4. The standard InChI is InChI=1S/C19H25NO3/c21-17(13-19(18(22)23)11-6-12-19)20-16-10-5-4-9-15(16)14-7-2-1-3-8-14/h1-3,7-8,15-16H,4-6,9-13H2,(H,20,21)(H,22,23). The number of carboxylic acid groups (broad SMARTS) is 1. The quantitative estimate of drug-likeness (QED) is 0.874. The van der Waals surface area contributed by atoms with Crippen LogP contribution in [0, 0.1) is 5.41 Å². The van der Waals surface area contributed by atoms with Gasteiger partial charge in [0, 0.05) is 18.4 Å². The van der Waals surface area contributed by atoms with Crippen LogP contribution in [0.2, 0.25) is 0 Å². The molecule has 2 atom stereocenters. The molecule has 2 fully saturated rings. The van der Waals surface area contributed by atoms with Crippen molar-refractivity contribution >= 4 is 11.9 Å². The van der Waals surface area contributed by atoms with Gasteiger partial charge in [-0.3, -0.25) is 9.59 Å². The van der Waals surface area contributed by atoms with Gasteiger partial charge >= 0.3 is 5.97 Å². The van der Waals surface area contributed by atoms with Crippen LogP contribution >= 0.6 is 0 Å². The third-order valence-corrected chi connectivity index (χ3v) is 5.60. The Morgan fingerprint density at radius 1 is 1.09 bits per heavy atom. The van der Waals surface area contributed by atoms with Gasteiger partial charge in [0.25, 0.3) is 0 Å². The second-order valence-corrected chi connectivity index (χ2v) is 7.09. The van der Waals surface area contributed by atoms with Crippen molar-refractivity contribution in [3.05, 3.63) is 35.9 Å². The molecule has 1 amide bonds. The lowest BCUT2D eigenvalue weighted by molar-refractivity contribution is -0.157. The first-order chi connectivity index (χ1) is 11.1. The van der Waals surface area contributed by atoms with Crippen LogP contribution in [-0.2, 0) is 9.59 Å². The minimum absolute atomic E-state index is 0.0973. The number of hydrogen-bond donors (Lipinski definition) is 2. The average molecular weight is 315 g/mol. The van der Waals surface area contributed by atoms with Crippen molar-refractivity contribution in [2.45, 2.75) is 63.3 Å². The van der Waals surface area contributed by atoms with E-state index < -0.39 is 11.4 Å². The molecule has 1 aromatic carbocycles. The third-order valence-electron chi connectivity index (χ3n) is 5.60. The number of rotatable bonds is 5. The van der Waals surface area contributed by atoms with E-state index in [-0.39, 0.29) is 18.4 Å². The average Bonchev–Trinajstić information content (AvgIpc) is 2.52. The number of carbonyl (C=O) groups is 2. The van der Waals surface area contributed by atoms with Gasteiger partial charge in [-0.1, -0.05) is 49.6 Å². The monoisotopic (exact) mass is 315 g/mol. The first-order valence-corrected chi connectivity index (χ1v) is 8.68. The number of hydrogen-bond acceptors (Lipinski definition) is 2. The third kappa shape index (κ3) is 3.41. The Kier molecular flexibility index (Phi) is 4.69. The summed E-state index contributed by atoms with van der Waals surface area (Å²) >= 11 is 0. The topological polar surface area (TPSA) is 66.4 Å². The van der Waals surface area contributed by atoms with Crippen LogP contribution in [0.1, 0.15) is 62.8 Å². The fraction of sp³-hybridized carbons (Fsp3) is 0.579. The van der Waals surface area contributed by atoms with Crippen LogP contribution in [0.5, 0.6) is 0 Å². The van der Waals surface area contributed by atoms with Gasteiger partial charge in [0.1, 0.15) is 0 Å². The summed E-state index contributed by atoms with van der Waals surface area (Å²) in [6.45, 7) is 0. The lowest BCUT2D eigenvalue weighted by Crippen LogP contribution is -2.46. The molecule has 3 rings (SSSR count). The molecule has 0 saturated heterocycles. The molecule has 2 aliphatic carbocycles. The van der Waals surface area contributed by atoms with Crippen molar-refractivity contribution in [3.8, 4) is 0 Å². The van der Waals surface area contributed by atoms with Gasteiger partial charge in [-0.25, -0.2) is 0 Å². The van der Waals surface area contributed by atoms with E-state index in [0.29, 0.717) is 18.8 Å². The minimum atomic E-state index is -0.817. The number of carbonyl (C=O) groups excluding carboxylic acids is 1. The zero-order valence-electron chi connectivity index (χ0n) is 13.5. The van der Waals surface area contributed by atoms with Crippen molar-refractivity contribution in [1.82, 2.24) is 5.32 Å². The second kappa shape index (κ2) is 6.73. The largest absolute Gasteiger partial charge is 0.481 e. The number of benzene rings is 1. The smallest absolute Gasteiger partial charge is 0.310 e. The molecule has 0 bridgehead atoms. The Morgan fingerprint density at radius 2 is 1.78 bits per heavy atom. The van der Waals surface area contributed by atoms with Crippen LogP contribution in [-0.4, -0.2) is 23.0 Å². The molecule has 2 aliphatic rings. The van der Waals surface area contributed by atoms with E-state index in [2.05, 4.69) is 17.4 Å². The summed E-state index contributed by atoms with van der Waals surface area (Å²) in [4.78, 5) is 23.9. The van der Waals surface area contributed by atoms with Gasteiger partial charge in [-0.2, -0.15) is 0 Å². The highest BCUT2D eigenvalue weighted by molar-refractivity contribution is 5.85. The van der Waals surface area contributed by atoms with E-state index >= 15 is 0 Å². The van der Waals surface area contributed by atoms with Crippen molar-refractivity contribution in [2.24, 2.45) is 5.41 Å². The SMILES string of the molecule is O=C(CC1(C(=O)O)CCC1)NC1CCCCC1c1ccccc1. The molecular weight excluding hydrogens is 290 g/mol. The molecule has 23 heavy (non-hydrogen) atoms. The van der Waals surface area contributed by atoms with Crippen LogP contribution in [0.4, 0.5) is 0 Å². The summed E-state index contributed by atoms with van der Waals surface area (Å²) in [5.74, 6) is -0.571.